The molecule has 6 nitrogen and oxygen atoms in total. The summed E-state index contributed by atoms with van der Waals surface area (Å²) in [6.45, 7) is 5.33. The van der Waals surface area contributed by atoms with E-state index in [1.807, 2.05) is 16.7 Å². The van der Waals surface area contributed by atoms with Crippen molar-refractivity contribution < 1.29 is 23.4 Å². The van der Waals surface area contributed by atoms with Gasteiger partial charge in [-0.1, -0.05) is 0 Å². The smallest absolute Gasteiger partial charge is 0.409 e. The van der Waals surface area contributed by atoms with Crippen LogP contribution in [0.4, 0.5) is 13.6 Å². The Bertz CT molecular complexity index is 577. The molecule has 1 unspecified atom stereocenters. The number of alkyl halides is 2. The number of amides is 1. The maximum absolute atomic E-state index is 13.8. The Morgan fingerprint density at radius 1 is 1.11 bits per heavy atom. The van der Waals surface area contributed by atoms with Gasteiger partial charge in [0.1, 0.15) is 0 Å². The third-order valence-corrected chi connectivity index (χ3v) is 7.41. The van der Waals surface area contributed by atoms with Crippen LogP contribution in [-0.2, 0) is 4.74 Å². The van der Waals surface area contributed by atoms with Crippen LogP contribution < -0.4 is 0 Å². The molecule has 0 aromatic heterocycles. The van der Waals surface area contributed by atoms with Gasteiger partial charge in [-0.3, -0.25) is 4.90 Å². The number of carbonyl (C=O) groups is 1. The first-order valence-electron chi connectivity index (χ1n) is 10.7. The molecule has 160 valence electrons. The fourth-order valence-electron chi connectivity index (χ4n) is 5.94. The Morgan fingerprint density at radius 3 is 2.46 bits per heavy atom. The van der Waals surface area contributed by atoms with Crippen LogP contribution in [0.15, 0.2) is 0 Å². The minimum absolute atomic E-state index is 0.154. The van der Waals surface area contributed by atoms with Gasteiger partial charge in [0.2, 0.25) is 0 Å². The predicted octanol–water partition coefficient (Wildman–Crippen LogP) is 2.16. The highest BCUT2D eigenvalue weighted by Gasteiger charge is 2.52. The van der Waals surface area contributed by atoms with Crippen molar-refractivity contribution in [1.29, 1.82) is 0 Å². The summed E-state index contributed by atoms with van der Waals surface area (Å²) in [6, 6.07) is 0.309. The highest BCUT2D eigenvalue weighted by molar-refractivity contribution is 5.68. The molecule has 0 aromatic carbocycles. The predicted molar refractivity (Wildman–Crippen MR) is 100 cm³/mol. The van der Waals surface area contributed by atoms with Crippen LogP contribution in [0, 0.1) is 5.41 Å². The minimum atomic E-state index is -2.67. The molecule has 1 saturated carbocycles. The molecule has 4 aliphatic rings. The molecule has 3 saturated heterocycles. The van der Waals surface area contributed by atoms with E-state index in [-0.39, 0.29) is 37.1 Å². The quantitative estimate of drug-likeness (QED) is 0.783. The van der Waals surface area contributed by atoms with Crippen LogP contribution in [0.25, 0.3) is 0 Å². The van der Waals surface area contributed by atoms with Gasteiger partial charge in [0, 0.05) is 37.6 Å². The van der Waals surface area contributed by atoms with Crippen LogP contribution in [0.5, 0.6) is 0 Å². The summed E-state index contributed by atoms with van der Waals surface area (Å²) in [5.41, 5.74) is 0.257. The van der Waals surface area contributed by atoms with Gasteiger partial charge in [-0.25, -0.2) is 13.6 Å². The van der Waals surface area contributed by atoms with Gasteiger partial charge in [-0.2, -0.15) is 0 Å². The standard InChI is InChI=1S/C20H33F2N3O3/c1-2-28-18(27)24-8-5-19(13-24)9-16(10-19)23-6-3-15(4-7-23)25-14-20(21,22)11-17(25)12-26/h15-17,26H,2-14H2,1H3. The fourth-order valence-corrected chi connectivity index (χ4v) is 5.94. The van der Waals surface area contributed by atoms with Crippen molar-refractivity contribution in [2.45, 2.75) is 69.5 Å². The molecule has 4 rings (SSSR count). The first kappa shape index (κ1) is 20.3. The second-order valence-corrected chi connectivity index (χ2v) is 9.27. The number of likely N-dealkylation sites (tertiary alicyclic amines) is 3. The highest BCUT2D eigenvalue weighted by Crippen LogP contribution is 2.50. The number of rotatable bonds is 4. The summed E-state index contributed by atoms with van der Waals surface area (Å²) in [4.78, 5) is 18.1. The molecular formula is C20H33F2N3O3. The highest BCUT2D eigenvalue weighted by atomic mass is 19.3. The maximum Gasteiger partial charge on any atom is 0.409 e. The lowest BCUT2D eigenvalue weighted by molar-refractivity contribution is -0.0258. The molecule has 1 atom stereocenters. The first-order chi connectivity index (χ1) is 13.3. The van der Waals surface area contributed by atoms with Crippen LogP contribution in [0.2, 0.25) is 0 Å². The van der Waals surface area contributed by atoms with Crippen LogP contribution in [0.1, 0.15) is 45.4 Å². The van der Waals surface area contributed by atoms with Gasteiger partial charge in [0.25, 0.3) is 5.92 Å². The molecule has 3 aliphatic heterocycles. The van der Waals surface area contributed by atoms with Crippen LogP contribution >= 0.6 is 0 Å². The van der Waals surface area contributed by atoms with E-state index in [0.29, 0.717) is 12.6 Å². The van der Waals surface area contributed by atoms with Gasteiger partial charge in [-0.05, 0) is 57.5 Å². The van der Waals surface area contributed by atoms with E-state index in [1.54, 1.807) is 0 Å². The van der Waals surface area contributed by atoms with Crippen molar-refractivity contribution in [3.05, 3.63) is 0 Å². The maximum atomic E-state index is 13.8. The lowest BCUT2D eigenvalue weighted by Crippen LogP contribution is -2.56. The molecular weight excluding hydrogens is 368 g/mol. The van der Waals surface area contributed by atoms with E-state index < -0.39 is 12.0 Å². The van der Waals surface area contributed by atoms with Crippen molar-refractivity contribution in [2.24, 2.45) is 5.41 Å². The molecule has 0 radical (unpaired) electrons. The second kappa shape index (κ2) is 7.69. The normalized spacial score (nSPS) is 36.8. The average molecular weight is 401 g/mol. The number of aliphatic hydroxyl groups excluding tert-OH is 1. The lowest BCUT2D eigenvalue weighted by atomic mass is 9.64. The van der Waals surface area contributed by atoms with Crippen molar-refractivity contribution in [2.75, 3.05) is 45.9 Å². The SMILES string of the molecule is CCOC(=O)N1CCC2(CC(N3CCC(N4CC(F)(F)CC4CO)CC3)C2)C1. The Labute approximate surface area is 165 Å². The number of hydrogen-bond acceptors (Lipinski definition) is 5. The zero-order chi connectivity index (χ0) is 19.9. The van der Waals surface area contributed by atoms with Gasteiger partial charge in [0.05, 0.1) is 19.8 Å². The third kappa shape index (κ3) is 3.87. The van der Waals surface area contributed by atoms with E-state index in [2.05, 4.69) is 4.90 Å². The van der Waals surface area contributed by atoms with Gasteiger partial charge in [-0.15, -0.1) is 0 Å². The molecule has 8 heteroatoms. The number of nitrogens with zero attached hydrogens (tertiary/aromatic N) is 3. The average Bonchev–Trinajstić information content (AvgIpc) is 3.22. The van der Waals surface area contributed by atoms with Crippen molar-refractivity contribution in [3.63, 3.8) is 0 Å². The monoisotopic (exact) mass is 401 g/mol. The van der Waals surface area contributed by atoms with Crippen LogP contribution in [-0.4, -0.2) is 95.9 Å². The number of ether oxygens (including phenoxy) is 1. The molecule has 4 fully saturated rings. The zero-order valence-electron chi connectivity index (χ0n) is 16.8. The molecule has 0 bridgehead atoms. The fraction of sp³-hybridized carbons (Fsp3) is 0.950. The van der Waals surface area contributed by atoms with Crippen molar-refractivity contribution >= 4 is 6.09 Å². The summed E-state index contributed by atoms with van der Waals surface area (Å²) >= 11 is 0. The Balaban J connectivity index is 1.24. The summed E-state index contributed by atoms with van der Waals surface area (Å²) in [7, 11) is 0. The van der Waals surface area contributed by atoms with E-state index in [0.717, 1.165) is 58.3 Å². The summed E-state index contributed by atoms with van der Waals surface area (Å²) in [5, 5.41) is 9.48. The summed E-state index contributed by atoms with van der Waals surface area (Å²) in [5.74, 6) is -2.67. The topological polar surface area (TPSA) is 56.2 Å². The van der Waals surface area contributed by atoms with Crippen molar-refractivity contribution in [1.82, 2.24) is 14.7 Å². The van der Waals surface area contributed by atoms with E-state index in [1.165, 1.54) is 0 Å². The summed E-state index contributed by atoms with van der Waals surface area (Å²) < 4.78 is 32.6. The van der Waals surface area contributed by atoms with E-state index in [9.17, 15) is 18.7 Å². The largest absolute Gasteiger partial charge is 0.450 e. The Hall–Kier alpha value is -0.990. The molecule has 1 spiro atoms. The number of carbonyl (C=O) groups excluding carboxylic acids is 1. The number of piperidine rings is 1. The molecule has 1 aliphatic carbocycles. The molecule has 1 N–H and O–H groups in total. The van der Waals surface area contributed by atoms with E-state index in [4.69, 9.17) is 4.74 Å². The minimum Gasteiger partial charge on any atom is -0.450 e. The van der Waals surface area contributed by atoms with Crippen LogP contribution in [0.3, 0.4) is 0 Å². The first-order valence-corrected chi connectivity index (χ1v) is 10.7. The van der Waals surface area contributed by atoms with E-state index >= 15 is 0 Å². The van der Waals surface area contributed by atoms with Crippen molar-refractivity contribution in [3.8, 4) is 0 Å². The molecule has 0 aromatic rings. The third-order valence-electron chi connectivity index (χ3n) is 7.41. The van der Waals surface area contributed by atoms with Gasteiger partial charge < -0.3 is 19.6 Å². The lowest BCUT2D eigenvalue weighted by Gasteiger charge is -2.52. The molecule has 3 heterocycles. The van der Waals surface area contributed by atoms with Gasteiger partial charge >= 0.3 is 6.09 Å². The molecule has 28 heavy (non-hydrogen) atoms. The Kier molecular flexibility index (Phi) is 5.57. The zero-order valence-corrected chi connectivity index (χ0v) is 16.8. The second-order valence-electron chi connectivity index (χ2n) is 9.27. The molecule has 1 amide bonds. The number of aliphatic hydroxyl groups is 1. The number of halogens is 2. The number of hydrogen-bond donors (Lipinski definition) is 1. The Morgan fingerprint density at radius 2 is 1.82 bits per heavy atom. The van der Waals surface area contributed by atoms with Gasteiger partial charge in [0.15, 0.2) is 0 Å². The summed E-state index contributed by atoms with van der Waals surface area (Å²) in [6.07, 6.45) is 4.68.